The fourth-order valence-electron chi connectivity index (χ4n) is 8.89. The van der Waals surface area contributed by atoms with E-state index in [1.807, 2.05) is 0 Å². The van der Waals surface area contributed by atoms with Crippen molar-refractivity contribution < 1.29 is 9.13 Å². The molecule has 2 aliphatic carbocycles. The van der Waals surface area contributed by atoms with Crippen molar-refractivity contribution in [1.29, 1.82) is 0 Å². The van der Waals surface area contributed by atoms with Gasteiger partial charge in [0.05, 0.1) is 16.5 Å². The molecule has 186 valence electrons. The maximum Gasteiger partial charge on any atom is 0.418 e. The van der Waals surface area contributed by atoms with Crippen LogP contribution in [0.1, 0.15) is 44.5 Å². The topological polar surface area (TPSA) is 7.76 Å². The van der Waals surface area contributed by atoms with E-state index in [4.69, 9.17) is 0 Å². The minimum Gasteiger partial charge on any atom is -0.126 e. The van der Waals surface area contributed by atoms with Gasteiger partial charge in [-0.3, -0.25) is 0 Å². The molecule has 0 radical (unpaired) electrons. The van der Waals surface area contributed by atoms with Crippen molar-refractivity contribution in [3.05, 3.63) is 166 Å². The lowest BCUT2D eigenvalue weighted by molar-refractivity contribution is -0.955. The van der Waals surface area contributed by atoms with Crippen LogP contribution in [-0.4, -0.2) is 0 Å². The molecule has 10 rings (SSSR count). The number of aryl methyl sites for hydroxylation is 2. The van der Waals surface area contributed by atoms with Gasteiger partial charge in [0, 0.05) is 24.3 Å². The molecule has 0 bridgehead atoms. The molecule has 0 saturated carbocycles. The summed E-state index contributed by atoms with van der Waals surface area (Å²) in [4.78, 5) is 0. The molecule has 2 aromatic heterocycles. The van der Waals surface area contributed by atoms with Crippen molar-refractivity contribution in [2.75, 3.05) is 0 Å². The summed E-state index contributed by atoms with van der Waals surface area (Å²) in [6.45, 7) is 4.53. The molecule has 0 N–H and O–H groups in total. The van der Waals surface area contributed by atoms with Crippen LogP contribution in [0.15, 0.2) is 122 Å². The van der Waals surface area contributed by atoms with Crippen LogP contribution >= 0.6 is 0 Å². The van der Waals surface area contributed by atoms with Gasteiger partial charge in [0.25, 0.3) is 0 Å². The van der Waals surface area contributed by atoms with Gasteiger partial charge < -0.3 is 0 Å². The van der Waals surface area contributed by atoms with E-state index in [1.54, 1.807) is 0 Å². The third kappa shape index (κ3) is 2.00. The number of hydrogen-bond acceptors (Lipinski definition) is 0. The van der Waals surface area contributed by atoms with Crippen molar-refractivity contribution in [2.45, 2.75) is 24.9 Å². The summed E-state index contributed by atoms with van der Waals surface area (Å²) in [5.41, 5.74) is 18.1. The number of fused-ring (bicyclic) bond motifs is 11. The van der Waals surface area contributed by atoms with E-state index in [0.717, 1.165) is 0 Å². The molecular weight excluding hydrogens is 484 g/mol. The highest BCUT2D eigenvalue weighted by atomic mass is 15.3. The SMILES string of the molecule is Cc1cc2c3c(c1)C1(c4ccccc4-c4ccccc41)c1cc(C)cc4c1C3([n+]1ccccc1-2)[n+]1ccccc1-4. The van der Waals surface area contributed by atoms with Crippen molar-refractivity contribution in [2.24, 2.45) is 0 Å². The van der Waals surface area contributed by atoms with E-state index in [-0.39, 0.29) is 0 Å². The van der Waals surface area contributed by atoms with E-state index in [9.17, 15) is 0 Å². The monoisotopic (exact) mass is 510 g/mol. The van der Waals surface area contributed by atoms with Crippen LogP contribution in [0.25, 0.3) is 33.6 Å². The lowest BCUT2D eigenvalue weighted by atomic mass is 9.58. The quantitative estimate of drug-likeness (QED) is 0.198. The number of hydrogen-bond donors (Lipinski definition) is 0. The fraction of sp³-hybridized carbons (Fsp3) is 0.105. The van der Waals surface area contributed by atoms with Crippen LogP contribution in [0, 0.1) is 13.8 Å². The Bertz CT molecular complexity index is 2000. The number of benzene rings is 4. The second-order valence-corrected chi connectivity index (χ2v) is 11.9. The third-order valence-corrected chi connectivity index (χ3v) is 9.99. The molecule has 4 aliphatic rings. The van der Waals surface area contributed by atoms with E-state index < -0.39 is 11.1 Å². The van der Waals surface area contributed by atoms with Gasteiger partial charge in [-0.1, -0.05) is 60.7 Å². The minimum absolute atomic E-state index is 0.395. The number of aromatic nitrogens is 2. The highest BCUT2D eigenvalue weighted by molar-refractivity contribution is 5.92. The Morgan fingerprint density at radius 3 is 1.40 bits per heavy atom. The van der Waals surface area contributed by atoms with E-state index >= 15 is 0 Å². The second-order valence-electron chi connectivity index (χ2n) is 11.9. The fourth-order valence-corrected chi connectivity index (χ4v) is 8.89. The van der Waals surface area contributed by atoms with Crippen LogP contribution < -0.4 is 9.13 Å². The lowest BCUT2D eigenvalue weighted by Gasteiger charge is -2.41. The first kappa shape index (κ1) is 21.1. The smallest absolute Gasteiger partial charge is 0.126 e. The van der Waals surface area contributed by atoms with Crippen molar-refractivity contribution in [1.82, 2.24) is 0 Å². The zero-order chi connectivity index (χ0) is 26.4. The number of rotatable bonds is 0. The summed E-state index contributed by atoms with van der Waals surface area (Å²) in [6, 6.07) is 41.5. The van der Waals surface area contributed by atoms with Gasteiger partial charge in [0.1, 0.15) is 11.1 Å². The highest BCUT2D eigenvalue weighted by Gasteiger charge is 2.73. The Morgan fingerprint density at radius 2 is 0.900 bits per heavy atom. The van der Waals surface area contributed by atoms with E-state index in [1.165, 1.54) is 78.1 Å². The lowest BCUT2D eigenvalue weighted by Crippen LogP contribution is -2.73. The number of pyridine rings is 2. The van der Waals surface area contributed by atoms with Crippen molar-refractivity contribution in [3.63, 3.8) is 0 Å². The Morgan fingerprint density at radius 1 is 0.450 bits per heavy atom. The van der Waals surface area contributed by atoms with Gasteiger partial charge >= 0.3 is 5.66 Å². The Kier molecular flexibility index (Phi) is 3.50. The standard InChI is InChI=1S/C38H26N2/c1-23-19-27-33-15-7-9-17-39(33)38-35(27)31(21-23)37(29-13-5-3-11-25(29)26-12-4-6-14-30(26)37)32-22-24(2)20-28(36(32)38)34-16-8-10-18-40(34)38/h3-22H,1-2H3/q+2. The van der Waals surface area contributed by atoms with Crippen LogP contribution in [0.2, 0.25) is 0 Å². The highest BCUT2D eigenvalue weighted by Crippen LogP contribution is 2.65. The first-order valence-corrected chi connectivity index (χ1v) is 14.2. The maximum absolute atomic E-state index is 2.55. The van der Waals surface area contributed by atoms with E-state index in [2.05, 4.69) is 145 Å². The van der Waals surface area contributed by atoms with Gasteiger partial charge in [0.15, 0.2) is 12.4 Å². The minimum atomic E-state index is -0.471. The first-order chi connectivity index (χ1) is 19.7. The predicted molar refractivity (Wildman–Crippen MR) is 156 cm³/mol. The molecule has 4 heterocycles. The number of nitrogens with zero attached hydrogens (tertiary/aromatic N) is 2. The summed E-state index contributed by atoms with van der Waals surface area (Å²) in [6.07, 6.45) is 4.59. The molecule has 0 unspecified atom stereocenters. The van der Waals surface area contributed by atoms with E-state index in [0.29, 0.717) is 0 Å². The van der Waals surface area contributed by atoms with Gasteiger partial charge in [-0.25, -0.2) is 0 Å². The summed E-state index contributed by atoms with van der Waals surface area (Å²) in [5.74, 6) is 0. The molecule has 2 heteroatoms. The Labute approximate surface area is 233 Å². The van der Waals surface area contributed by atoms with Gasteiger partial charge in [-0.15, -0.1) is 9.13 Å². The maximum atomic E-state index is 2.55. The molecule has 6 aromatic rings. The molecule has 40 heavy (non-hydrogen) atoms. The Hall–Kier alpha value is -4.82. The molecule has 2 spiro atoms. The zero-order valence-electron chi connectivity index (χ0n) is 22.4. The van der Waals surface area contributed by atoms with Gasteiger partial charge in [-0.05, 0) is 82.6 Å². The normalized spacial score (nSPS) is 16.1. The van der Waals surface area contributed by atoms with Crippen LogP contribution in [0.5, 0.6) is 0 Å². The summed E-state index contributed by atoms with van der Waals surface area (Å²) < 4.78 is 5.10. The van der Waals surface area contributed by atoms with Crippen LogP contribution in [0.3, 0.4) is 0 Å². The molecule has 2 aliphatic heterocycles. The van der Waals surface area contributed by atoms with Gasteiger partial charge in [-0.2, -0.15) is 0 Å². The summed E-state index contributed by atoms with van der Waals surface area (Å²) >= 11 is 0. The van der Waals surface area contributed by atoms with Crippen molar-refractivity contribution >= 4 is 0 Å². The molecular formula is C38H26N2+2. The van der Waals surface area contributed by atoms with Crippen molar-refractivity contribution in [3.8, 4) is 33.6 Å². The largest absolute Gasteiger partial charge is 0.418 e. The predicted octanol–water partition coefficient (Wildman–Crippen LogP) is 6.81. The molecule has 0 atom stereocenters. The average Bonchev–Trinajstić information content (AvgIpc) is 3.56. The summed E-state index contributed by atoms with van der Waals surface area (Å²) in [7, 11) is 0. The molecule has 0 amide bonds. The molecule has 0 saturated heterocycles. The van der Waals surface area contributed by atoms with Crippen LogP contribution in [-0.2, 0) is 11.1 Å². The third-order valence-electron chi connectivity index (χ3n) is 9.99. The summed E-state index contributed by atoms with van der Waals surface area (Å²) in [5, 5.41) is 0. The molecule has 0 fully saturated rings. The zero-order valence-corrected chi connectivity index (χ0v) is 22.4. The molecule has 2 nitrogen and oxygen atoms in total. The Balaban J connectivity index is 1.54. The second kappa shape index (κ2) is 6.66. The molecule has 4 aromatic carbocycles. The van der Waals surface area contributed by atoms with Crippen LogP contribution in [0.4, 0.5) is 0 Å². The first-order valence-electron chi connectivity index (χ1n) is 14.2. The average molecular weight is 511 g/mol. The van der Waals surface area contributed by atoms with Gasteiger partial charge in [0.2, 0.25) is 11.4 Å².